The monoisotopic (exact) mass is 262 g/mol. The second-order valence-electron chi connectivity index (χ2n) is 4.01. The Labute approximate surface area is 112 Å². The minimum absolute atomic E-state index is 0.0759. The average Bonchev–Trinajstić information content (AvgIpc) is 2.42. The number of ether oxygens (including phenoxy) is 1. The molecule has 0 aromatic heterocycles. The van der Waals surface area contributed by atoms with Gasteiger partial charge in [-0.2, -0.15) is 10.6 Å². The highest BCUT2D eigenvalue weighted by Crippen LogP contribution is 2.13. The number of guanidine groups is 1. The number of rotatable bonds is 5. The van der Waals surface area contributed by atoms with Crippen LogP contribution in [-0.2, 0) is 6.54 Å². The van der Waals surface area contributed by atoms with Crippen molar-refractivity contribution in [1.82, 2.24) is 5.01 Å². The molecule has 0 saturated carbocycles. The van der Waals surface area contributed by atoms with E-state index in [2.05, 4.69) is 15.4 Å². The smallest absolute Gasteiger partial charge is 0.238 e. The fourth-order valence-corrected chi connectivity index (χ4v) is 1.27. The molecule has 0 amide bonds. The first-order valence-corrected chi connectivity index (χ1v) is 5.69. The quantitative estimate of drug-likeness (QED) is 0.368. The van der Waals surface area contributed by atoms with E-state index in [9.17, 15) is 0 Å². The van der Waals surface area contributed by atoms with E-state index >= 15 is 0 Å². The van der Waals surface area contributed by atoms with Crippen molar-refractivity contribution in [3.63, 3.8) is 0 Å². The van der Waals surface area contributed by atoms with Crippen molar-refractivity contribution >= 4 is 11.7 Å². The van der Waals surface area contributed by atoms with E-state index in [0.717, 1.165) is 17.0 Å². The Balaban J connectivity index is 2.78. The molecule has 102 valence electrons. The molecule has 0 heterocycles. The van der Waals surface area contributed by atoms with Gasteiger partial charge in [-0.25, -0.2) is 5.01 Å². The van der Waals surface area contributed by atoms with E-state index in [4.69, 9.17) is 16.0 Å². The van der Waals surface area contributed by atoms with E-state index < -0.39 is 0 Å². The van der Waals surface area contributed by atoms with Gasteiger partial charge in [0.05, 0.1) is 13.7 Å². The topological polar surface area (TPSA) is 99.4 Å². The maximum absolute atomic E-state index is 7.12. The Morgan fingerprint density at radius 3 is 2.37 bits per heavy atom. The van der Waals surface area contributed by atoms with Crippen molar-refractivity contribution in [2.75, 3.05) is 7.11 Å². The highest BCUT2D eigenvalue weighted by molar-refractivity contribution is 5.82. The number of nitrogens with one attached hydrogen (secondary N) is 1. The Bertz CT molecular complexity index is 475. The molecule has 0 aliphatic carbocycles. The van der Waals surface area contributed by atoms with Gasteiger partial charge in [0.2, 0.25) is 5.96 Å². The van der Waals surface area contributed by atoms with E-state index in [-0.39, 0.29) is 5.96 Å². The number of nitrogens with zero attached hydrogens (tertiary/aromatic N) is 4. The van der Waals surface area contributed by atoms with Gasteiger partial charge in [-0.3, -0.25) is 0 Å². The van der Waals surface area contributed by atoms with Gasteiger partial charge in [0.15, 0.2) is 0 Å². The molecule has 19 heavy (non-hydrogen) atoms. The average molecular weight is 262 g/mol. The first kappa shape index (κ1) is 14.6. The maximum Gasteiger partial charge on any atom is 0.238 e. The first-order valence-electron chi connectivity index (χ1n) is 5.69. The summed E-state index contributed by atoms with van der Waals surface area (Å²) in [6, 6.07) is 7.41. The molecule has 0 atom stereocenters. The number of methoxy groups -OCH3 is 1. The Morgan fingerprint density at radius 1 is 1.26 bits per heavy atom. The lowest BCUT2D eigenvalue weighted by Crippen LogP contribution is -2.32. The van der Waals surface area contributed by atoms with Gasteiger partial charge in [-0.05, 0) is 31.5 Å². The third kappa shape index (κ3) is 4.74. The van der Waals surface area contributed by atoms with Crippen LogP contribution in [0.15, 0.2) is 39.7 Å². The molecule has 7 heteroatoms. The molecule has 0 saturated heterocycles. The van der Waals surface area contributed by atoms with Gasteiger partial charge >= 0.3 is 0 Å². The summed E-state index contributed by atoms with van der Waals surface area (Å²) < 4.78 is 5.07. The predicted molar refractivity (Wildman–Crippen MR) is 74.1 cm³/mol. The Kier molecular flexibility index (Phi) is 5.46. The van der Waals surface area contributed by atoms with Crippen LogP contribution in [0, 0.1) is 5.53 Å². The van der Waals surface area contributed by atoms with Gasteiger partial charge in [-0.15, -0.1) is 5.10 Å². The molecule has 0 unspecified atom stereocenters. The highest BCUT2D eigenvalue weighted by Gasteiger charge is 2.07. The minimum Gasteiger partial charge on any atom is -0.497 e. The van der Waals surface area contributed by atoms with Crippen molar-refractivity contribution in [3.05, 3.63) is 29.8 Å². The fraction of sp³-hybridized carbons (Fsp3) is 0.333. The molecule has 0 spiro atoms. The van der Waals surface area contributed by atoms with Gasteiger partial charge in [0.25, 0.3) is 0 Å². The van der Waals surface area contributed by atoms with Gasteiger partial charge in [-0.1, -0.05) is 17.4 Å². The van der Waals surface area contributed by atoms with Crippen LogP contribution in [0.5, 0.6) is 5.75 Å². The maximum atomic E-state index is 7.12. The summed E-state index contributed by atoms with van der Waals surface area (Å²) in [5.41, 5.74) is 14.5. The number of hydrogen-bond acceptors (Lipinski definition) is 5. The molecule has 0 aliphatic heterocycles. The van der Waals surface area contributed by atoms with E-state index in [0.29, 0.717) is 6.54 Å². The fourth-order valence-electron chi connectivity index (χ4n) is 1.27. The van der Waals surface area contributed by atoms with Crippen LogP contribution < -0.4 is 10.5 Å². The second kappa shape index (κ2) is 7.10. The third-order valence-corrected chi connectivity index (χ3v) is 2.23. The molecular weight excluding hydrogens is 244 g/mol. The third-order valence-electron chi connectivity index (χ3n) is 2.23. The lowest BCUT2D eigenvalue weighted by Gasteiger charge is -2.15. The SMILES string of the molecule is COc1ccc(CN(N=N)C(N)=NN=C(C)C)cc1. The largest absolute Gasteiger partial charge is 0.497 e. The molecule has 0 aliphatic rings. The van der Waals surface area contributed by atoms with Crippen molar-refractivity contribution < 1.29 is 4.74 Å². The summed E-state index contributed by atoms with van der Waals surface area (Å²) >= 11 is 0. The molecule has 0 bridgehead atoms. The van der Waals surface area contributed by atoms with E-state index in [1.807, 2.05) is 38.1 Å². The first-order chi connectivity index (χ1) is 9.06. The Hall–Kier alpha value is -2.44. The molecular formula is C12H18N6O. The van der Waals surface area contributed by atoms with Crippen LogP contribution in [0.3, 0.4) is 0 Å². The molecule has 1 aromatic rings. The predicted octanol–water partition coefficient (Wildman–Crippen LogP) is 2.15. The van der Waals surface area contributed by atoms with Crippen LogP contribution in [0.1, 0.15) is 19.4 Å². The lowest BCUT2D eigenvalue weighted by atomic mass is 10.2. The van der Waals surface area contributed by atoms with Crippen LogP contribution >= 0.6 is 0 Å². The minimum atomic E-state index is 0.0759. The zero-order chi connectivity index (χ0) is 14.3. The van der Waals surface area contributed by atoms with Crippen LogP contribution in [0.25, 0.3) is 0 Å². The zero-order valence-corrected chi connectivity index (χ0v) is 11.3. The number of benzene rings is 1. The van der Waals surface area contributed by atoms with Crippen molar-refractivity contribution in [1.29, 1.82) is 5.53 Å². The summed E-state index contributed by atoms with van der Waals surface area (Å²) in [5, 5.41) is 12.2. The molecule has 7 nitrogen and oxygen atoms in total. The summed E-state index contributed by atoms with van der Waals surface area (Å²) in [7, 11) is 1.61. The highest BCUT2D eigenvalue weighted by atomic mass is 16.5. The molecule has 0 radical (unpaired) electrons. The summed E-state index contributed by atoms with van der Waals surface area (Å²) in [5.74, 6) is 0.845. The Morgan fingerprint density at radius 2 is 1.89 bits per heavy atom. The molecule has 1 rings (SSSR count). The molecule has 1 aromatic carbocycles. The summed E-state index contributed by atoms with van der Waals surface area (Å²) in [4.78, 5) is 0. The lowest BCUT2D eigenvalue weighted by molar-refractivity contribution is 0.390. The number of hydrogen-bond donors (Lipinski definition) is 2. The van der Waals surface area contributed by atoms with Gasteiger partial charge in [0.1, 0.15) is 5.75 Å². The van der Waals surface area contributed by atoms with Gasteiger partial charge in [0, 0.05) is 5.71 Å². The van der Waals surface area contributed by atoms with E-state index in [1.165, 1.54) is 5.01 Å². The van der Waals surface area contributed by atoms with Crippen LogP contribution in [0.2, 0.25) is 0 Å². The van der Waals surface area contributed by atoms with Crippen LogP contribution in [-0.4, -0.2) is 23.8 Å². The normalized spacial score (nSPS) is 10.8. The number of nitrogens with two attached hydrogens (primary N) is 1. The second-order valence-corrected chi connectivity index (χ2v) is 4.01. The van der Waals surface area contributed by atoms with Gasteiger partial charge < -0.3 is 10.5 Å². The molecule has 3 N–H and O–H groups in total. The van der Waals surface area contributed by atoms with Crippen molar-refractivity contribution in [2.45, 2.75) is 20.4 Å². The summed E-state index contributed by atoms with van der Waals surface area (Å²) in [6.45, 7) is 3.96. The van der Waals surface area contributed by atoms with E-state index in [1.54, 1.807) is 7.11 Å². The standard InChI is InChI=1S/C12H18N6O/c1-9(2)15-16-12(13)18(17-14)8-10-4-6-11(19-3)7-5-10/h4-7,14H,8H2,1-3H3,(H2,13,16). The zero-order valence-electron chi connectivity index (χ0n) is 11.3. The van der Waals surface area contributed by atoms with Crippen LogP contribution in [0.4, 0.5) is 0 Å². The van der Waals surface area contributed by atoms with Crippen molar-refractivity contribution in [3.8, 4) is 5.75 Å². The van der Waals surface area contributed by atoms with Crippen molar-refractivity contribution in [2.24, 2.45) is 21.2 Å². The molecule has 0 fully saturated rings. The summed E-state index contributed by atoms with van der Waals surface area (Å²) in [6.07, 6.45) is 0.